The van der Waals surface area contributed by atoms with Crippen LogP contribution in [0.4, 0.5) is 0 Å². The number of nitrogens with zero attached hydrogens (tertiary/aromatic N) is 2. The quantitative estimate of drug-likeness (QED) is 0.860. The second-order valence-corrected chi connectivity index (χ2v) is 4.69. The Balaban J connectivity index is 2.65. The largest absolute Gasteiger partial charge is 0.395 e. The highest BCUT2D eigenvalue weighted by Crippen LogP contribution is 2.26. The lowest BCUT2D eigenvalue weighted by molar-refractivity contribution is 0.276. The Bertz CT molecular complexity index is 508. The number of alkyl halides is 1. The molecule has 3 nitrogen and oxygen atoms in total. The van der Waals surface area contributed by atoms with E-state index in [0.717, 1.165) is 16.9 Å². The molecule has 2 rings (SSSR count). The minimum atomic E-state index is -0.197. The van der Waals surface area contributed by atoms with Crippen molar-refractivity contribution >= 4 is 34.2 Å². The summed E-state index contributed by atoms with van der Waals surface area (Å²) < 4.78 is 1.92. The predicted molar refractivity (Wildman–Crippen MR) is 66.1 cm³/mol. The molecule has 1 unspecified atom stereocenters. The highest BCUT2D eigenvalue weighted by molar-refractivity contribution is 6.31. The topological polar surface area (TPSA) is 38.0 Å². The maximum Gasteiger partial charge on any atom is 0.127 e. The number of aromatic nitrogens is 2. The summed E-state index contributed by atoms with van der Waals surface area (Å²) in [6.07, 6.45) is 0. The van der Waals surface area contributed by atoms with Crippen molar-refractivity contribution in [3.63, 3.8) is 0 Å². The lowest BCUT2D eigenvalue weighted by atomic mass is 10.3. The van der Waals surface area contributed by atoms with Gasteiger partial charge in [0.15, 0.2) is 0 Å². The van der Waals surface area contributed by atoms with Crippen LogP contribution in [0.3, 0.4) is 0 Å². The van der Waals surface area contributed by atoms with E-state index in [0.29, 0.717) is 11.6 Å². The van der Waals surface area contributed by atoms with Gasteiger partial charge in [-0.05, 0) is 25.1 Å². The zero-order valence-corrected chi connectivity index (χ0v) is 10.3. The molecule has 2 aromatic rings. The molecule has 1 heterocycles. The van der Waals surface area contributed by atoms with Gasteiger partial charge in [-0.2, -0.15) is 0 Å². The van der Waals surface area contributed by atoms with Crippen molar-refractivity contribution in [1.82, 2.24) is 9.55 Å². The van der Waals surface area contributed by atoms with E-state index in [-0.39, 0.29) is 12.0 Å². The van der Waals surface area contributed by atoms with E-state index < -0.39 is 0 Å². The molecule has 0 bridgehead atoms. The van der Waals surface area contributed by atoms with Crippen molar-refractivity contribution < 1.29 is 5.11 Å². The molecule has 1 N–H and O–H groups in total. The van der Waals surface area contributed by atoms with Gasteiger partial charge >= 0.3 is 0 Å². The molecule has 0 aliphatic carbocycles. The summed E-state index contributed by atoms with van der Waals surface area (Å²) in [5.41, 5.74) is 1.75. The van der Waals surface area contributed by atoms with Gasteiger partial charge in [0.1, 0.15) is 5.82 Å². The summed E-state index contributed by atoms with van der Waals surface area (Å²) in [6.45, 7) is 2.41. The third kappa shape index (κ3) is 2.03. The summed E-state index contributed by atoms with van der Waals surface area (Å²) in [5, 5.41) is 9.49. The highest BCUT2D eigenvalue weighted by atomic mass is 35.5. The number of hydrogen-bond acceptors (Lipinski definition) is 2. The van der Waals surface area contributed by atoms with Gasteiger partial charge < -0.3 is 9.67 Å². The van der Waals surface area contributed by atoms with Crippen LogP contribution in [0.5, 0.6) is 0 Å². The molecule has 1 aromatic carbocycles. The molecule has 0 saturated carbocycles. The van der Waals surface area contributed by atoms with Crippen LogP contribution >= 0.6 is 23.2 Å². The van der Waals surface area contributed by atoms with E-state index in [1.165, 1.54) is 0 Å². The third-order valence-corrected chi connectivity index (χ3v) is 2.85. The van der Waals surface area contributed by atoms with Gasteiger partial charge in [-0.15, -0.1) is 11.6 Å². The zero-order chi connectivity index (χ0) is 11.7. The van der Waals surface area contributed by atoms with Crippen LogP contribution in [0.25, 0.3) is 11.0 Å². The van der Waals surface area contributed by atoms with Crippen molar-refractivity contribution in [1.29, 1.82) is 0 Å². The summed E-state index contributed by atoms with van der Waals surface area (Å²) in [7, 11) is 0. The molecular weight excluding hydrogens is 247 g/mol. The number of aliphatic hydroxyl groups is 1. The number of aliphatic hydroxyl groups excluding tert-OH is 1. The van der Waals surface area contributed by atoms with Gasteiger partial charge in [0.25, 0.3) is 0 Å². The van der Waals surface area contributed by atoms with Gasteiger partial charge in [-0.25, -0.2) is 4.98 Å². The first-order valence-electron chi connectivity index (χ1n) is 5.04. The number of imidazole rings is 1. The van der Waals surface area contributed by atoms with Crippen LogP contribution in [0.15, 0.2) is 18.2 Å². The lowest BCUT2D eigenvalue weighted by Crippen LogP contribution is -2.07. The first-order valence-corrected chi connectivity index (χ1v) is 5.85. The highest BCUT2D eigenvalue weighted by Gasteiger charge is 2.14. The molecule has 1 atom stereocenters. The molecule has 0 radical (unpaired) electrons. The molecule has 16 heavy (non-hydrogen) atoms. The van der Waals surface area contributed by atoms with E-state index in [1.54, 1.807) is 6.07 Å². The van der Waals surface area contributed by atoms with Gasteiger partial charge in [-0.3, -0.25) is 0 Å². The van der Waals surface area contributed by atoms with E-state index in [1.807, 2.05) is 23.6 Å². The Morgan fingerprint density at radius 3 is 2.88 bits per heavy atom. The van der Waals surface area contributed by atoms with Crippen molar-refractivity contribution in [2.24, 2.45) is 0 Å². The van der Waals surface area contributed by atoms with E-state index in [4.69, 9.17) is 28.3 Å². The van der Waals surface area contributed by atoms with Crippen molar-refractivity contribution in [2.45, 2.75) is 18.8 Å². The van der Waals surface area contributed by atoms with Crippen LogP contribution < -0.4 is 0 Å². The van der Waals surface area contributed by atoms with Crippen LogP contribution in [-0.2, 0) is 6.54 Å². The van der Waals surface area contributed by atoms with Crippen LogP contribution in [0.1, 0.15) is 18.1 Å². The number of rotatable bonds is 3. The normalized spacial score (nSPS) is 13.2. The SMILES string of the molecule is CC(Cl)c1nc2cc(Cl)ccc2n1CCO. The average Bonchev–Trinajstić information content (AvgIpc) is 2.57. The molecule has 0 aliphatic heterocycles. The van der Waals surface area contributed by atoms with Crippen LogP contribution in [0, 0.1) is 0 Å². The Morgan fingerprint density at radius 1 is 1.50 bits per heavy atom. The van der Waals surface area contributed by atoms with Crippen LogP contribution in [-0.4, -0.2) is 21.3 Å². The van der Waals surface area contributed by atoms with Gasteiger partial charge in [0.05, 0.1) is 23.0 Å². The minimum absolute atomic E-state index is 0.0602. The molecular formula is C11H12Cl2N2O. The van der Waals surface area contributed by atoms with E-state index in [9.17, 15) is 0 Å². The first-order chi connectivity index (χ1) is 7.63. The fourth-order valence-corrected chi connectivity index (χ4v) is 2.09. The number of hydrogen-bond donors (Lipinski definition) is 1. The van der Waals surface area contributed by atoms with E-state index >= 15 is 0 Å². The van der Waals surface area contributed by atoms with Gasteiger partial charge in [0, 0.05) is 11.6 Å². The summed E-state index contributed by atoms with van der Waals surface area (Å²) in [4.78, 5) is 4.43. The van der Waals surface area contributed by atoms with Gasteiger partial charge in [0.2, 0.25) is 0 Å². The van der Waals surface area contributed by atoms with Crippen LogP contribution in [0.2, 0.25) is 5.02 Å². The molecule has 0 amide bonds. The zero-order valence-electron chi connectivity index (χ0n) is 8.82. The first kappa shape index (κ1) is 11.7. The fraction of sp³-hybridized carbons (Fsp3) is 0.364. The second kappa shape index (κ2) is 4.62. The average molecular weight is 259 g/mol. The summed E-state index contributed by atoms with van der Waals surface area (Å²) >= 11 is 12.0. The minimum Gasteiger partial charge on any atom is -0.395 e. The molecule has 0 spiro atoms. The predicted octanol–water partition coefficient (Wildman–Crippen LogP) is 2.98. The maximum atomic E-state index is 9.04. The molecule has 0 fully saturated rings. The maximum absolute atomic E-state index is 9.04. The molecule has 5 heteroatoms. The molecule has 0 aliphatic rings. The Kier molecular flexibility index (Phi) is 3.38. The number of fused-ring (bicyclic) bond motifs is 1. The van der Waals surface area contributed by atoms with Crippen molar-refractivity contribution in [3.8, 4) is 0 Å². The molecule has 1 aromatic heterocycles. The Hall–Kier alpha value is -0.770. The number of halogens is 2. The lowest BCUT2D eigenvalue weighted by Gasteiger charge is -2.08. The summed E-state index contributed by atoms with van der Waals surface area (Å²) in [6, 6.07) is 5.50. The number of benzene rings is 1. The van der Waals surface area contributed by atoms with Crippen molar-refractivity contribution in [2.75, 3.05) is 6.61 Å². The van der Waals surface area contributed by atoms with E-state index in [2.05, 4.69) is 4.98 Å². The van der Waals surface area contributed by atoms with Gasteiger partial charge in [-0.1, -0.05) is 11.6 Å². The smallest absolute Gasteiger partial charge is 0.127 e. The monoisotopic (exact) mass is 258 g/mol. The Morgan fingerprint density at radius 2 is 2.25 bits per heavy atom. The molecule has 86 valence electrons. The standard InChI is InChI=1S/C11H12Cl2N2O/c1-7(12)11-14-9-6-8(13)2-3-10(9)15(11)4-5-16/h2-3,6-7,16H,4-5H2,1H3. The fourth-order valence-electron chi connectivity index (χ4n) is 1.76. The van der Waals surface area contributed by atoms with Crippen molar-refractivity contribution in [3.05, 3.63) is 29.0 Å². The second-order valence-electron chi connectivity index (χ2n) is 3.59. The Labute approximate surface area is 104 Å². The third-order valence-electron chi connectivity index (χ3n) is 2.42. The summed E-state index contributed by atoms with van der Waals surface area (Å²) in [5.74, 6) is 0.757. The molecule has 0 saturated heterocycles.